The van der Waals surface area contributed by atoms with E-state index in [1.54, 1.807) is 23.2 Å². The van der Waals surface area contributed by atoms with Gasteiger partial charge in [0.1, 0.15) is 12.4 Å². The maximum Gasteiger partial charge on any atom is 0.410 e. The fraction of sp³-hybridized carbons (Fsp3) is 0.474. The van der Waals surface area contributed by atoms with Crippen molar-refractivity contribution in [3.05, 3.63) is 52.2 Å². The quantitative estimate of drug-likeness (QED) is 0.457. The fourth-order valence-corrected chi connectivity index (χ4v) is 4.38. The van der Waals surface area contributed by atoms with Crippen LogP contribution >= 0.6 is 12.6 Å². The van der Waals surface area contributed by atoms with Gasteiger partial charge in [-0.2, -0.15) is 17.7 Å². The van der Waals surface area contributed by atoms with Crippen molar-refractivity contribution in [2.45, 2.75) is 37.3 Å². The molecule has 2 aliphatic heterocycles. The van der Waals surface area contributed by atoms with Crippen LogP contribution in [0.25, 0.3) is 0 Å². The van der Waals surface area contributed by atoms with Gasteiger partial charge in [-0.25, -0.2) is 9.48 Å². The molecular formula is C19H23N5O4S. The molecule has 9 nitrogen and oxygen atoms in total. The Hall–Kier alpha value is -2.75. The molecule has 0 N–H and O–H groups in total. The number of non-ortho nitro benzene ring substituents is 1. The number of aryl methyl sites for hydroxylation is 1. The molecule has 3 heterocycles. The zero-order valence-electron chi connectivity index (χ0n) is 15.9. The smallest absolute Gasteiger partial charge is 0.410 e. The largest absolute Gasteiger partial charge is 0.445 e. The van der Waals surface area contributed by atoms with E-state index in [2.05, 4.69) is 22.6 Å². The van der Waals surface area contributed by atoms with Crippen LogP contribution in [0.2, 0.25) is 0 Å². The molecule has 154 valence electrons. The Morgan fingerprint density at radius 1 is 1.28 bits per heavy atom. The number of ether oxygens (including phenoxy) is 1. The summed E-state index contributed by atoms with van der Waals surface area (Å²) >= 11 is 4.59. The van der Waals surface area contributed by atoms with Gasteiger partial charge in [-0.05, 0) is 30.5 Å². The van der Waals surface area contributed by atoms with Crippen LogP contribution < -0.4 is 4.90 Å². The van der Waals surface area contributed by atoms with Crippen LogP contribution in [0.5, 0.6) is 0 Å². The molecule has 0 radical (unpaired) electrons. The highest BCUT2D eigenvalue weighted by Gasteiger charge is 2.36. The second-order valence-corrected chi connectivity index (χ2v) is 8.12. The molecule has 1 aromatic carbocycles. The number of benzene rings is 1. The second kappa shape index (κ2) is 8.32. The molecule has 1 aromatic heterocycles. The van der Waals surface area contributed by atoms with Crippen LogP contribution in [0.3, 0.4) is 0 Å². The first-order valence-electron chi connectivity index (χ1n) is 9.63. The summed E-state index contributed by atoms with van der Waals surface area (Å²) in [5.74, 6) is 1.08. The molecule has 10 heteroatoms. The Kier molecular flexibility index (Phi) is 5.61. The number of likely N-dealkylation sites (tertiary alicyclic amines) is 1. The summed E-state index contributed by atoms with van der Waals surface area (Å²) in [5, 5.41) is 15.2. The van der Waals surface area contributed by atoms with Gasteiger partial charge in [-0.15, -0.1) is 0 Å². The molecule has 0 spiro atoms. The summed E-state index contributed by atoms with van der Waals surface area (Å²) in [4.78, 5) is 27.0. The maximum absolute atomic E-state index is 12.7. The normalized spacial score (nSPS) is 21.1. The maximum atomic E-state index is 12.7. The lowest BCUT2D eigenvalue weighted by atomic mass is 10.2. The molecule has 1 amide bonds. The van der Waals surface area contributed by atoms with Gasteiger partial charge in [-0.1, -0.05) is 0 Å². The van der Waals surface area contributed by atoms with Crippen molar-refractivity contribution in [1.82, 2.24) is 14.7 Å². The minimum atomic E-state index is -0.454. The van der Waals surface area contributed by atoms with Crippen molar-refractivity contribution >= 4 is 30.2 Å². The molecule has 1 saturated heterocycles. The van der Waals surface area contributed by atoms with Gasteiger partial charge in [-0.3, -0.25) is 10.1 Å². The Balaban J connectivity index is 1.37. The van der Waals surface area contributed by atoms with Crippen LogP contribution in [-0.2, 0) is 17.9 Å². The zero-order valence-corrected chi connectivity index (χ0v) is 16.8. The summed E-state index contributed by atoms with van der Waals surface area (Å²) < 4.78 is 7.48. The summed E-state index contributed by atoms with van der Waals surface area (Å²) in [7, 11) is 0. The minimum absolute atomic E-state index is 0.0124. The van der Waals surface area contributed by atoms with Gasteiger partial charge >= 0.3 is 6.09 Å². The van der Waals surface area contributed by atoms with E-state index >= 15 is 0 Å². The number of hydrogen-bond acceptors (Lipinski definition) is 7. The second-order valence-electron chi connectivity index (χ2n) is 7.39. The lowest BCUT2D eigenvalue weighted by molar-refractivity contribution is -0.384. The monoisotopic (exact) mass is 417 g/mol. The number of aromatic nitrogens is 2. The van der Waals surface area contributed by atoms with E-state index in [0.717, 1.165) is 38.3 Å². The van der Waals surface area contributed by atoms with Gasteiger partial charge in [0.2, 0.25) is 0 Å². The average Bonchev–Trinajstić information content (AvgIpc) is 3.33. The fourth-order valence-electron chi connectivity index (χ4n) is 3.96. The van der Waals surface area contributed by atoms with E-state index < -0.39 is 4.92 Å². The SMILES string of the molecule is O=C(OCc1ccc([N+](=O)[O-])cc1)N1C[C@@H](S)C[C@H]1CN1CCCn2nccc21. The molecule has 0 bridgehead atoms. The summed E-state index contributed by atoms with van der Waals surface area (Å²) in [5.41, 5.74) is 0.723. The number of nitrogens with zero attached hydrogens (tertiary/aromatic N) is 5. The minimum Gasteiger partial charge on any atom is -0.445 e. The Morgan fingerprint density at radius 3 is 2.83 bits per heavy atom. The molecule has 1 fully saturated rings. The third kappa shape index (κ3) is 4.31. The van der Waals surface area contributed by atoms with E-state index in [9.17, 15) is 14.9 Å². The van der Waals surface area contributed by atoms with Crippen molar-refractivity contribution in [3.63, 3.8) is 0 Å². The van der Waals surface area contributed by atoms with Crippen LogP contribution in [0.4, 0.5) is 16.3 Å². The molecule has 4 rings (SSSR count). The number of carbonyl (C=O) groups excluding carboxylic acids is 1. The topological polar surface area (TPSA) is 93.7 Å². The number of amides is 1. The highest BCUT2D eigenvalue weighted by Crippen LogP contribution is 2.27. The van der Waals surface area contributed by atoms with Crippen molar-refractivity contribution in [1.29, 1.82) is 0 Å². The number of anilines is 1. The van der Waals surface area contributed by atoms with E-state index in [1.165, 1.54) is 12.1 Å². The Bertz CT molecular complexity index is 887. The Labute approximate surface area is 173 Å². The van der Waals surface area contributed by atoms with Gasteiger partial charge in [0.15, 0.2) is 0 Å². The molecule has 29 heavy (non-hydrogen) atoms. The summed E-state index contributed by atoms with van der Waals surface area (Å²) in [6.45, 7) is 3.19. The number of hydrogen-bond donors (Lipinski definition) is 1. The van der Waals surface area contributed by atoms with E-state index in [4.69, 9.17) is 4.74 Å². The zero-order chi connectivity index (χ0) is 20.4. The molecule has 0 aliphatic carbocycles. The first kappa shape index (κ1) is 19.6. The predicted octanol–water partition coefficient (Wildman–Crippen LogP) is 2.71. The predicted molar refractivity (Wildman–Crippen MR) is 110 cm³/mol. The average molecular weight is 417 g/mol. The molecular weight excluding hydrogens is 394 g/mol. The highest BCUT2D eigenvalue weighted by atomic mass is 32.1. The van der Waals surface area contributed by atoms with Crippen molar-refractivity contribution in [2.24, 2.45) is 0 Å². The first-order valence-corrected chi connectivity index (χ1v) is 10.1. The van der Waals surface area contributed by atoms with Gasteiger partial charge < -0.3 is 14.5 Å². The van der Waals surface area contributed by atoms with Crippen molar-refractivity contribution in [3.8, 4) is 0 Å². The lowest BCUT2D eigenvalue weighted by Gasteiger charge is -2.34. The highest BCUT2D eigenvalue weighted by molar-refractivity contribution is 7.81. The number of rotatable bonds is 5. The summed E-state index contributed by atoms with van der Waals surface area (Å²) in [6.07, 6.45) is 3.26. The standard InChI is InChI=1S/C19H23N5O4S/c25-19(28-13-14-2-4-15(5-3-14)24(26)27)22-12-17(29)10-16(22)11-21-8-1-9-23-18(21)6-7-20-23/h2-7,16-17,29H,1,8-13H2/t16-,17-/m0/s1. The van der Waals surface area contributed by atoms with Crippen molar-refractivity contribution < 1.29 is 14.5 Å². The van der Waals surface area contributed by atoms with Crippen LogP contribution in [0.1, 0.15) is 18.4 Å². The van der Waals surface area contributed by atoms with Crippen LogP contribution in [0, 0.1) is 10.1 Å². The number of nitro groups is 1. The number of carbonyl (C=O) groups is 1. The first-order chi connectivity index (χ1) is 14.0. The van der Waals surface area contributed by atoms with Gasteiger partial charge in [0.05, 0.1) is 17.2 Å². The number of nitro benzene ring substituents is 1. The molecule has 0 unspecified atom stereocenters. The summed E-state index contributed by atoms with van der Waals surface area (Å²) in [6, 6.07) is 8.04. The molecule has 2 atom stereocenters. The third-order valence-corrected chi connectivity index (χ3v) is 5.76. The van der Waals surface area contributed by atoms with Gasteiger partial charge in [0, 0.05) is 49.6 Å². The lowest BCUT2D eigenvalue weighted by Crippen LogP contribution is -2.45. The molecule has 2 aliphatic rings. The van der Waals surface area contributed by atoms with Gasteiger partial charge in [0.25, 0.3) is 5.69 Å². The van der Waals surface area contributed by atoms with Crippen LogP contribution in [-0.4, -0.2) is 56.6 Å². The van der Waals surface area contributed by atoms with Crippen LogP contribution in [0.15, 0.2) is 36.5 Å². The van der Waals surface area contributed by atoms with E-state index in [1.807, 2.05) is 10.7 Å². The van der Waals surface area contributed by atoms with E-state index in [-0.39, 0.29) is 29.7 Å². The number of fused-ring (bicyclic) bond motifs is 1. The Morgan fingerprint density at radius 2 is 2.07 bits per heavy atom. The molecule has 2 aromatic rings. The van der Waals surface area contributed by atoms with E-state index in [0.29, 0.717) is 12.1 Å². The molecule has 0 saturated carbocycles. The number of thiol groups is 1. The third-order valence-electron chi connectivity index (χ3n) is 5.38. The van der Waals surface area contributed by atoms with Crippen molar-refractivity contribution in [2.75, 3.05) is 24.5 Å².